The summed E-state index contributed by atoms with van der Waals surface area (Å²) < 4.78 is 0. The van der Waals surface area contributed by atoms with Crippen LogP contribution in [-0.2, 0) is 4.79 Å². The molecule has 0 spiro atoms. The minimum atomic E-state index is -0.145. The van der Waals surface area contributed by atoms with Crippen LogP contribution in [0.3, 0.4) is 0 Å². The molecule has 0 amide bonds. The summed E-state index contributed by atoms with van der Waals surface area (Å²) in [6.45, 7) is 8.21. The van der Waals surface area contributed by atoms with E-state index in [0.717, 1.165) is 25.5 Å². The molecule has 2 heteroatoms. The van der Waals surface area contributed by atoms with Gasteiger partial charge in [-0.2, -0.15) is 0 Å². The zero-order valence-electron chi connectivity index (χ0n) is 11.3. The zero-order chi connectivity index (χ0) is 12.7. The van der Waals surface area contributed by atoms with Crippen LogP contribution in [0.25, 0.3) is 0 Å². The van der Waals surface area contributed by atoms with Crippen LogP contribution < -0.4 is 0 Å². The fourth-order valence-electron chi connectivity index (χ4n) is 1.65. The molecule has 0 aliphatic rings. The summed E-state index contributed by atoms with van der Waals surface area (Å²) in [6.07, 6.45) is 9.42. The van der Waals surface area contributed by atoms with E-state index >= 15 is 0 Å². The lowest BCUT2D eigenvalue weighted by molar-refractivity contribution is -0.115. The van der Waals surface area contributed by atoms with Crippen molar-refractivity contribution in [2.45, 2.75) is 66.2 Å². The molecule has 0 aromatic rings. The van der Waals surface area contributed by atoms with Gasteiger partial charge in [-0.25, -0.2) is 0 Å². The fourth-order valence-corrected chi connectivity index (χ4v) is 1.65. The van der Waals surface area contributed by atoms with Crippen molar-refractivity contribution >= 4 is 12.5 Å². The van der Waals surface area contributed by atoms with E-state index in [1.54, 1.807) is 6.21 Å². The largest absolute Gasteiger partial charge is 0.313 e. The first-order valence-corrected chi connectivity index (χ1v) is 6.31. The highest BCUT2D eigenvalue weighted by Gasteiger charge is 2.16. The molecule has 0 rings (SSSR count). The summed E-state index contributed by atoms with van der Waals surface area (Å²) in [5.74, 6) is 0. The Morgan fingerprint density at radius 3 is 1.69 bits per heavy atom. The highest BCUT2D eigenvalue weighted by Crippen LogP contribution is 2.23. The van der Waals surface area contributed by atoms with Crippen molar-refractivity contribution in [1.82, 2.24) is 0 Å². The molecule has 0 radical (unpaired) electrons. The third-order valence-electron chi connectivity index (χ3n) is 3.10. The summed E-state index contributed by atoms with van der Waals surface area (Å²) in [4.78, 5) is 10.7. The van der Waals surface area contributed by atoms with Crippen molar-refractivity contribution < 1.29 is 4.79 Å². The fraction of sp³-hybridized carbons (Fsp3) is 0.857. The molecule has 0 aromatic heterocycles. The highest BCUT2D eigenvalue weighted by atomic mass is 16.1. The van der Waals surface area contributed by atoms with E-state index in [9.17, 15) is 4.79 Å². The number of hydrogen-bond acceptors (Lipinski definition) is 2. The Balaban J connectivity index is 3.48. The molecular formula is C14H27NO. The lowest BCUT2D eigenvalue weighted by Crippen LogP contribution is -2.13. The van der Waals surface area contributed by atoms with E-state index in [1.165, 1.54) is 19.3 Å². The number of rotatable bonds is 9. The summed E-state index contributed by atoms with van der Waals surface area (Å²) >= 11 is 0. The van der Waals surface area contributed by atoms with Crippen LogP contribution in [0, 0.1) is 16.2 Å². The van der Waals surface area contributed by atoms with E-state index in [0.29, 0.717) is 0 Å². The molecule has 0 aliphatic carbocycles. The second-order valence-corrected chi connectivity index (χ2v) is 6.15. The first-order valence-electron chi connectivity index (χ1n) is 6.31. The van der Waals surface area contributed by atoms with Crippen LogP contribution in [0.15, 0.2) is 0 Å². The second kappa shape index (κ2) is 6.82. The summed E-state index contributed by atoms with van der Waals surface area (Å²) in [7, 11) is 0. The van der Waals surface area contributed by atoms with Crippen LogP contribution in [0.2, 0.25) is 0 Å². The zero-order valence-corrected chi connectivity index (χ0v) is 11.3. The predicted octanol–water partition coefficient (Wildman–Crippen LogP) is 4.23. The van der Waals surface area contributed by atoms with Crippen LogP contribution in [0.1, 0.15) is 66.2 Å². The number of carbonyl (C=O) groups excluding carboxylic acids is 1. The molecule has 0 saturated carbocycles. The molecule has 16 heavy (non-hydrogen) atoms. The second-order valence-electron chi connectivity index (χ2n) is 6.15. The Morgan fingerprint density at radius 2 is 1.31 bits per heavy atom. The van der Waals surface area contributed by atoms with Crippen molar-refractivity contribution in [3.8, 4) is 0 Å². The van der Waals surface area contributed by atoms with Gasteiger partial charge in [0, 0.05) is 11.6 Å². The smallest absolute Gasteiger partial charge is 0.125 e. The molecule has 0 aromatic carbocycles. The minimum Gasteiger partial charge on any atom is -0.313 e. The molecule has 0 heterocycles. The van der Waals surface area contributed by atoms with Gasteiger partial charge in [0.05, 0.1) is 0 Å². The number of unbranched alkanes of at least 4 members (excludes halogenated alkanes) is 3. The first-order chi connectivity index (χ1) is 7.33. The quantitative estimate of drug-likeness (QED) is 0.356. The van der Waals surface area contributed by atoms with Crippen molar-refractivity contribution in [2.24, 2.45) is 10.8 Å². The van der Waals surface area contributed by atoms with Gasteiger partial charge in [-0.3, -0.25) is 0 Å². The lowest BCUT2D eigenvalue weighted by Gasteiger charge is -2.18. The number of aldehydes is 1. The van der Waals surface area contributed by atoms with Crippen LogP contribution in [0.5, 0.6) is 0 Å². The van der Waals surface area contributed by atoms with Gasteiger partial charge in [0.1, 0.15) is 6.29 Å². The van der Waals surface area contributed by atoms with Gasteiger partial charge in [0.25, 0.3) is 0 Å². The molecule has 2 nitrogen and oxygen atoms in total. The van der Waals surface area contributed by atoms with Crippen LogP contribution in [0.4, 0.5) is 0 Å². The van der Waals surface area contributed by atoms with Crippen molar-refractivity contribution in [2.75, 3.05) is 0 Å². The van der Waals surface area contributed by atoms with Crippen molar-refractivity contribution in [3.05, 3.63) is 0 Å². The van der Waals surface area contributed by atoms with E-state index in [4.69, 9.17) is 5.41 Å². The molecule has 0 unspecified atom stereocenters. The number of nitrogens with one attached hydrogen (secondary N) is 1. The molecule has 1 N–H and O–H groups in total. The van der Waals surface area contributed by atoms with Gasteiger partial charge in [0.15, 0.2) is 0 Å². The normalized spacial score (nSPS) is 12.5. The molecule has 0 bridgehead atoms. The maximum atomic E-state index is 10.7. The SMILES string of the molecule is CC(C)(C=N)CCCCCCC(C)(C)C=O. The van der Waals surface area contributed by atoms with E-state index < -0.39 is 0 Å². The molecular weight excluding hydrogens is 198 g/mol. The number of carbonyl (C=O) groups is 1. The average Bonchev–Trinajstić information content (AvgIpc) is 2.23. The third kappa shape index (κ3) is 7.61. The average molecular weight is 225 g/mol. The molecule has 94 valence electrons. The van der Waals surface area contributed by atoms with Gasteiger partial charge in [-0.05, 0) is 18.3 Å². The number of hydrogen-bond donors (Lipinski definition) is 1. The van der Waals surface area contributed by atoms with E-state index in [-0.39, 0.29) is 10.8 Å². The van der Waals surface area contributed by atoms with Gasteiger partial charge in [-0.1, -0.05) is 53.4 Å². The maximum absolute atomic E-state index is 10.7. The molecule has 0 atom stereocenters. The van der Waals surface area contributed by atoms with Gasteiger partial charge in [-0.15, -0.1) is 0 Å². The van der Waals surface area contributed by atoms with Crippen molar-refractivity contribution in [1.29, 1.82) is 5.41 Å². The topological polar surface area (TPSA) is 40.9 Å². The van der Waals surface area contributed by atoms with E-state index in [2.05, 4.69) is 13.8 Å². The molecule has 0 fully saturated rings. The molecule has 0 aliphatic heterocycles. The Morgan fingerprint density at radius 1 is 0.875 bits per heavy atom. The third-order valence-corrected chi connectivity index (χ3v) is 3.10. The van der Waals surface area contributed by atoms with E-state index in [1.807, 2.05) is 13.8 Å². The van der Waals surface area contributed by atoms with Crippen molar-refractivity contribution in [3.63, 3.8) is 0 Å². The first kappa shape index (κ1) is 15.3. The predicted molar refractivity (Wildman–Crippen MR) is 70.1 cm³/mol. The van der Waals surface area contributed by atoms with Crippen LogP contribution in [-0.4, -0.2) is 12.5 Å². The minimum absolute atomic E-state index is 0.0576. The summed E-state index contributed by atoms with van der Waals surface area (Å²) in [5.41, 5.74) is -0.0870. The van der Waals surface area contributed by atoms with Gasteiger partial charge in [0.2, 0.25) is 0 Å². The van der Waals surface area contributed by atoms with Crippen LogP contribution >= 0.6 is 0 Å². The Bertz CT molecular complexity index is 195. The standard InChI is InChI=1S/C14H27NO/c1-13(2,11-15)9-7-5-6-8-10-14(3,4)12-16/h11-12,15H,5-10H2,1-4H3. The Labute approximate surface area is 100 Å². The molecule has 0 saturated heterocycles. The summed E-state index contributed by atoms with van der Waals surface area (Å²) in [5, 5.41) is 7.26. The Hall–Kier alpha value is -0.660. The monoisotopic (exact) mass is 225 g/mol. The van der Waals surface area contributed by atoms with Gasteiger partial charge < -0.3 is 10.2 Å². The van der Waals surface area contributed by atoms with Gasteiger partial charge >= 0.3 is 0 Å². The maximum Gasteiger partial charge on any atom is 0.125 e. The highest BCUT2D eigenvalue weighted by molar-refractivity contribution is 5.60. The summed E-state index contributed by atoms with van der Waals surface area (Å²) in [6, 6.07) is 0. The Kier molecular flexibility index (Phi) is 6.54. The lowest BCUT2D eigenvalue weighted by atomic mass is 9.86.